The van der Waals surface area contributed by atoms with Crippen LogP contribution in [0.2, 0.25) is 0 Å². The van der Waals surface area contributed by atoms with Gasteiger partial charge in [0.15, 0.2) is 11.8 Å². The quantitative estimate of drug-likeness (QED) is 0.206. The van der Waals surface area contributed by atoms with Crippen LogP contribution < -0.4 is 15.4 Å². The monoisotopic (exact) mass is 514 g/mol. The predicted octanol–water partition coefficient (Wildman–Crippen LogP) is 2.48. The molecule has 9 heteroatoms. The molecule has 0 aliphatic heterocycles. The maximum absolute atomic E-state index is 10.5. The molecule has 1 aromatic heterocycles. The molecule has 0 aliphatic rings. The van der Waals surface area contributed by atoms with Crippen LogP contribution in [-0.4, -0.2) is 45.0 Å². The fourth-order valence-electron chi connectivity index (χ4n) is 2.43. The van der Waals surface area contributed by atoms with Gasteiger partial charge in [-0.05, 0) is 38.5 Å². The van der Waals surface area contributed by atoms with Crippen LogP contribution in [0.3, 0.4) is 0 Å². The van der Waals surface area contributed by atoms with E-state index in [4.69, 9.17) is 4.74 Å². The first-order chi connectivity index (χ1) is 13.4. The number of hydrogen-bond acceptors (Lipinski definition) is 5. The molecule has 8 nitrogen and oxygen atoms in total. The summed E-state index contributed by atoms with van der Waals surface area (Å²) in [5, 5.41) is 24.9. The van der Waals surface area contributed by atoms with E-state index in [1.54, 1.807) is 6.08 Å². The third kappa shape index (κ3) is 8.01. The predicted molar refractivity (Wildman–Crippen MR) is 126 cm³/mol. The summed E-state index contributed by atoms with van der Waals surface area (Å²) < 4.78 is 7.52. The number of halogens is 1. The summed E-state index contributed by atoms with van der Waals surface area (Å²) in [5.41, 5.74) is 0.801. The number of rotatable bonds is 9. The van der Waals surface area contributed by atoms with Crippen molar-refractivity contribution in [3.05, 3.63) is 54.1 Å². The van der Waals surface area contributed by atoms with Gasteiger partial charge in [-0.2, -0.15) is 0 Å². The Hall–Kier alpha value is -2.14. The second kappa shape index (κ2) is 12.4. The van der Waals surface area contributed by atoms with Gasteiger partial charge in [-0.15, -0.1) is 40.8 Å². The maximum atomic E-state index is 10.5. The molecule has 2 rings (SSSR count). The SMILES string of the molecule is C=CCNC(=NCc1nnc(C)n1C)NCC(O)c1ccc(OC(C)C)cc1.I. The van der Waals surface area contributed by atoms with Crippen molar-refractivity contribution in [1.29, 1.82) is 0 Å². The molecule has 0 saturated heterocycles. The third-order valence-corrected chi connectivity index (χ3v) is 4.07. The molecular weight excluding hydrogens is 483 g/mol. The lowest BCUT2D eigenvalue weighted by Gasteiger charge is -2.16. The summed E-state index contributed by atoms with van der Waals surface area (Å²) in [6, 6.07) is 7.45. The number of aryl methyl sites for hydroxylation is 1. The average Bonchev–Trinajstić information content (AvgIpc) is 2.99. The van der Waals surface area contributed by atoms with Crippen LogP contribution in [0.15, 0.2) is 41.9 Å². The van der Waals surface area contributed by atoms with Crippen molar-refractivity contribution >= 4 is 29.9 Å². The minimum Gasteiger partial charge on any atom is -0.491 e. The molecule has 0 bridgehead atoms. The van der Waals surface area contributed by atoms with Crippen LogP contribution in [0.5, 0.6) is 5.75 Å². The number of nitrogens with zero attached hydrogens (tertiary/aromatic N) is 4. The smallest absolute Gasteiger partial charge is 0.192 e. The van der Waals surface area contributed by atoms with Gasteiger partial charge in [-0.1, -0.05) is 18.2 Å². The standard InChI is InChI=1S/C20H30N6O2.HI/c1-6-11-21-20(23-13-19-25-24-15(4)26(19)5)22-12-18(27)16-7-9-17(10-8-16)28-14(2)3;/h6-10,14,18,27H,1,11-13H2,2-5H3,(H2,21,22,23);1H. The largest absolute Gasteiger partial charge is 0.491 e. The van der Waals surface area contributed by atoms with E-state index in [9.17, 15) is 5.11 Å². The number of benzene rings is 1. The van der Waals surface area contributed by atoms with E-state index in [2.05, 4.69) is 32.4 Å². The third-order valence-electron chi connectivity index (χ3n) is 4.07. The molecule has 0 amide bonds. The van der Waals surface area contributed by atoms with Crippen LogP contribution in [0.1, 0.15) is 37.2 Å². The van der Waals surface area contributed by atoms with E-state index < -0.39 is 6.10 Å². The van der Waals surface area contributed by atoms with Crippen LogP contribution >= 0.6 is 24.0 Å². The lowest BCUT2D eigenvalue weighted by atomic mass is 10.1. The molecule has 0 spiro atoms. The van der Waals surface area contributed by atoms with Gasteiger partial charge >= 0.3 is 0 Å². The number of ether oxygens (including phenoxy) is 1. The highest BCUT2D eigenvalue weighted by Gasteiger charge is 2.10. The molecule has 3 N–H and O–H groups in total. The van der Waals surface area contributed by atoms with Gasteiger partial charge in [-0.3, -0.25) is 0 Å². The Bertz CT molecular complexity index is 789. The molecule has 0 aliphatic carbocycles. The minimum absolute atomic E-state index is 0. The molecule has 0 saturated carbocycles. The summed E-state index contributed by atoms with van der Waals surface area (Å²) in [4.78, 5) is 4.51. The first kappa shape index (κ1) is 24.9. The molecular formula is C20H31IN6O2. The second-order valence-corrected chi connectivity index (χ2v) is 6.69. The molecule has 0 radical (unpaired) electrons. The lowest BCUT2D eigenvalue weighted by Crippen LogP contribution is -2.39. The lowest BCUT2D eigenvalue weighted by molar-refractivity contribution is 0.180. The summed E-state index contributed by atoms with van der Waals surface area (Å²) in [7, 11) is 1.90. The number of aliphatic hydroxyl groups excluding tert-OH is 1. The zero-order chi connectivity index (χ0) is 20.5. The Labute approximate surface area is 189 Å². The van der Waals surface area contributed by atoms with E-state index >= 15 is 0 Å². The highest BCUT2D eigenvalue weighted by Crippen LogP contribution is 2.18. The van der Waals surface area contributed by atoms with Crippen LogP contribution in [0, 0.1) is 6.92 Å². The Morgan fingerprint density at radius 2 is 1.97 bits per heavy atom. The van der Waals surface area contributed by atoms with E-state index in [-0.39, 0.29) is 30.1 Å². The summed E-state index contributed by atoms with van der Waals surface area (Å²) >= 11 is 0. The maximum Gasteiger partial charge on any atom is 0.192 e. The van der Waals surface area contributed by atoms with Crippen molar-refractivity contribution in [1.82, 2.24) is 25.4 Å². The number of aromatic nitrogens is 3. The topological polar surface area (TPSA) is 96.6 Å². The van der Waals surface area contributed by atoms with Crippen molar-refractivity contribution < 1.29 is 9.84 Å². The highest BCUT2D eigenvalue weighted by atomic mass is 127. The number of hydrogen-bond donors (Lipinski definition) is 3. The van der Waals surface area contributed by atoms with Crippen molar-refractivity contribution in [2.24, 2.45) is 12.0 Å². The molecule has 1 aromatic carbocycles. The zero-order valence-corrected chi connectivity index (χ0v) is 19.8. The molecule has 2 aromatic rings. The van der Waals surface area contributed by atoms with Gasteiger partial charge in [0.2, 0.25) is 0 Å². The van der Waals surface area contributed by atoms with E-state index in [0.717, 1.165) is 23.0 Å². The molecule has 0 fully saturated rings. The molecule has 1 atom stereocenters. The van der Waals surface area contributed by atoms with Gasteiger partial charge in [0.05, 0.1) is 12.2 Å². The summed E-state index contributed by atoms with van der Waals surface area (Å²) in [6.07, 6.45) is 1.18. The number of nitrogens with one attached hydrogen (secondary N) is 2. The second-order valence-electron chi connectivity index (χ2n) is 6.69. The van der Waals surface area contributed by atoms with Crippen LogP contribution in [0.25, 0.3) is 0 Å². The number of guanidine groups is 1. The van der Waals surface area contributed by atoms with Gasteiger partial charge < -0.3 is 25.0 Å². The Morgan fingerprint density at radius 3 is 2.52 bits per heavy atom. The zero-order valence-electron chi connectivity index (χ0n) is 17.4. The molecule has 160 valence electrons. The molecule has 29 heavy (non-hydrogen) atoms. The molecule has 1 unspecified atom stereocenters. The van der Waals surface area contributed by atoms with Crippen LogP contribution in [-0.2, 0) is 13.6 Å². The van der Waals surface area contributed by atoms with Crippen molar-refractivity contribution in [2.75, 3.05) is 13.1 Å². The number of aliphatic hydroxyl groups is 1. The van der Waals surface area contributed by atoms with Gasteiger partial charge in [0.1, 0.15) is 18.1 Å². The van der Waals surface area contributed by atoms with Crippen LogP contribution in [0.4, 0.5) is 0 Å². The van der Waals surface area contributed by atoms with Crippen molar-refractivity contribution in [3.8, 4) is 5.75 Å². The van der Waals surface area contributed by atoms with E-state index in [0.29, 0.717) is 25.6 Å². The Balaban J connectivity index is 0.00000420. The van der Waals surface area contributed by atoms with Crippen molar-refractivity contribution in [3.63, 3.8) is 0 Å². The minimum atomic E-state index is -0.680. The number of aliphatic imine (C=N–C) groups is 1. The van der Waals surface area contributed by atoms with Gasteiger partial charge in [0.25, 0.3) is 0 Å². The summed E-state index contributed by atoms with van der Waals surface area (Å²) in [6.45, 7) is 10.8. The molecule has 1 heterocycles. The van der Waals surface area contributed by atoms with E-state index in [1.165, 1.54) is 0 Å². The normalized spacial score (nSPS) is 12.3. The summed E-state index contributed by atoms with van der Waals surface area (Å²) in [5.74, 6) is 2.95. The first-order valence-electron chi connectivity index (χ1n) is 9.33. The van der Waals surface area contributed by atoms with Gasteiger partial charge in [0, 0.05) is 20.1 Å². The fourth-order valence-corrected chi connectivity index (χ4v) is 2.43. The fraction of sp³-hybridized carbons (Fsp3) is 0.450. The van der Waals surface area contributed by atoms with Gasteiger partial charge in [-0.25, -0.2) is 4.99 Å². The first-order valence-corrected chi connectivity index (χ1v) is 9.33. The van der Waals surface area contributed by atoms with E-state index in [1.807, 2.05) is 56.7 Å². The van der Waals surface area contributed by atoms with Crippen molar-refractivity contribution in [2.45, 2.75) is 39.5 Å². The Morgan fingerprint density at radius 1 is 1.28 bits per heavy atom. The average molecular weight is 514 g/mol. The highest BCUT2D eigenvalue weighted by molar-refractivity contribution is 14.0. The Kier molecular flexibility index (Phi) is 10.7.